The van der Waals surface area contributed by atoms with Gasteiger partial charge in [-0.3, -0.25) is 4.90 Å². The van der Waals surface area contributed by atoms with Crippen molar-refractivity contribution >= 4 is 17.0 Å². The lowest BCUT2D eigenvalue weighted by Gasteiger charge is -2.34. The number of aromatic nitrogens is 1. The van der Waals surface area contributed by atoms with E-state index in [0.29, 0.717) is 18.5 Å². The first-order chi connectivity index (χ1) is 14.7. The Morgan fingerprint density at radius 1 is 0.933 bits per heavy atom. The molecule has 1 amide bonds. The molecule has 1 aliphatic heterocycles. The van der Waals surface area contributed by atoms with Crippen LogP contribution in [-0.2, 0) is 16.9 Å². The summed E-state index contributed by atoms with van der Waals surface area (Å²) < 4.78 is 5.72. The van der Waals surface area contributed by atoms with E-state index in [-0.39, 0.29) is 0 Å². The van der Waals surface area contributed by atoms with Crippen LogP contribution in [0, 0.1) is 0 Å². The van der Waals surface area contributed by atoms with E-state index in [9.17, 15) is 9.90 Å². The number of nitrogens with zero attached hydrogens (tertiary/aromatic N) is 1. The van der Waals surface area contributed by atoms with Crippen LogP contribution in [0.3, 0.4) is 0 Å². The van der Waals surface area contributed by atoms with Crippen molar-refractivity contribution in [3.05, 3.63) is 108 Å². The van der Waals surface area contributed by atoms with Crippen LogP contribution in [0.25, 0.3) is 10.9 Å². The highest BCUT2D eigenvalue weighted by Crippen LogP contribution is 2.46. The average molecular weight is 398 g/mol. The van der Waals surface area contributed by atoms with Crippen molar-refractivity contribution in [1.82, 2.24) is 9.88 Å². The minimum Gasteiger partial charge on any atom is -0.436 e. The van der Waals surface area contributed by atoms with Crippen molar-refractivity contribution in [2.24, 2.45) is 0 Å². The number of aliphatic hydroxyl groups is 1. The van der Waals surface area contributed by atoms with Crippen molar-refractivity contribution in [2.75, 3.05) is 6.54 Å². The lowest BCUT2D eigenvalue weighted by Crippen LogP contribution is -2.46. The number of aromatic amines is 1. The van der Waals surface area contributed by atoms with E-state index in [1.54, 1.807) is 0 Å². The van der Waals surface area contributed by atoms with E-state index in [2.05, 4.69) is 11.1 Å². The number of carbonyl (C=O) groups excluding carboxylic acids is 1. The van der Waals surface area contributed by atoms with Gasteiger partial charge in [0.2, 0.25) is 5.72 Å². The molecule has 0 saturated carbocycles. The van der Waals surface area contributed by atoms with E-state index in [0.717, 1.165) is 22.0 Å². The monoisotopic (exact) mass is 398 g/mol. The summed E-state index contributed by atoms with van der Waals surface area (Å²) in [5.74, 6) is 0. The largest absolute Gasteiger partial charge is 0.436 e. The summed E-state index contributed by atoms with van der Waals surface area (Å²) in [6, 6.07) is 26.7. The number of rotatable bonds is 5. The van der Waals surface area contributed by atoms with Crippen molar-refractivity contribution < 1.29 is 14.6 Å². The van der Waals surface area contributed by atoms with Crippen LogP contribution in [0.2, 0.25) is 0 Å². The molecular formula is C25H22N2O3. The van der Waals surface area contributed by atoms with Crippen LogP contribution in [0.15, 0.2) is 91.1 Å². The summed E-state index contributed by atoms with van der Waals surface area (Å²) in [5.41, 5.74) is 1.94. The molecule has 2 unspecified atom stereocenters. The maximum atomic E-state index is 12.9. The molecule has 3 aromatic carbocycles. The first-order valence-electron chi connectivity index (χ1n) is 10.0. The zero-order valence-corrected chi connectivity index (χ0v) is 16.4. The molecule has 30 heavy (non-hydrogen) atoms. The van der Waals surface area contributed by atoms with Crippen LogP contribution in [0.1, 0.15) is 22.8 Å². The highest BCUT2D eigenvalue weighted by molar-refractivity contribution is 5.83. The molecule has 0 aliphatic carbocycles. The Hall–Kier alpha value is -3.57. The molecule has 5 rings (SSSR count). The molecule has 1 saturated heterocycles. The van der Waals surface area contributed by atoms with Crippen molar-refractivity contribution in [1.29, 1.82) is 0 Å². The fourth-order valence-corrected chi connectivity index (χ4v) is 4.28. The molecular weight excluding hydrogens is 376 g/mol. The van der Waals surface area contributed by atoms with Gasteiger partial charge in [0.25, 0.3) is 0 Å². The quantitative estimate of drug-likeness (QED) is 0.510. The number of amides is 1. The highest BCUT2D eigenvalue weighted by Gasteiger charge is 2.55. The Bertz CT molecular complexity index is 1170. The molecule has 2 N–H and O–H groups in total. The Labute approximate surface area is 174 Å². The number of hydrogen-bond donors (Lipinski definition) is 2. The predicted octanol–water partition coefficient (Wildman–Crippen LogP) is 4.75. The average Bonchev–Trinajstić information content (AvgIpc) is 3.32. The second-order valence-electron chi connectivity index (χ2n) is 7.53. The molecule has 0 radical (unpaired) electrons. The highest BCUT2D eigenvalue weighted by atomic mass is 16.6. The van der Waals surface area contributed by atoms with E-state index >= 15 is 0 Å². The molecule has 0 bridgehead atoms. The second kappa shape index (κ2) is 7.35. The van der Waals surface area contributed by atoms with Crippen molar-refractivity contribution in [3.63, 3.8) is 0 Å². The van der Waals surface area contributed by atoms with Gasteiger partial charge in [0.15, 0.2) is 6.10 Å². The van der Waals surface area contributed by atoms with Crippen molar-refractivity contribution in [3.8, 4) is 0 Å². The Morgan fingerprint density at radius 3 is 2.37 bits per heavy atom. The predicted molar refractivity (Wildman–Crippen MR) is 115 cm³/mol. The third kappa shape index (κ3) is 2.95. The minimum atomic E-state index is -1.59. The fraction of sp³-hybridized carbons (Fsp3) is 0.160. The van der Waals surface area contributed by atoms with Gasteiger partial charge in [-0.2, -0.15) is 0 Å². The fourth-order valence-electron chi connectivity index (χ4n) is 4.28. The molecule has 4 aromatic rings. The number of carbonyl (C=O) groups is 1. The van der Waals surface area contributed by atoms with Crippen LogP contribution in [0.4, 0.5) is 4.79 Å². The van der Waals surface area contributed by atoms with Crippen LogP contribution >= 0.6 is 0 Å². The third-order valence-electron chi connectivity index (χ3n) is 5.80. The summed E-state index contributed by atoms with van der Waals surface area (Å²) in [6.45, 7) is 0.329. The summed E-state index contributed by atoms with van der Waals surface area (Å²) in [4.78, 5) is 17.6. The van der Waals surface area contributed by atoms with Crippen LogP contribution in [-0.4, -0.2) is 27.6 Å². The van der Waals surface area contributed by atoms with Gasteiger partial charge in [0, 0.05) is 29.2 Å². The van der Waals surface area contributed by atoms with Gasteiger partial charge in [-0.25, -0.2) is 4.79 Å². The van der Waals surface area contributed by atoms with Crippen molar-refractivity contribution in [2.45, 2.75) is 18.2 Å². The number of hydrogen-bond acceptors (Lipinski definition) is 3. The Kier molecular flexibility index (Phi) is 4.52. The van der Waals surface area contributed by atoms with Gasteiger partial charge in [-0.1, -0.05) is 78.9 Å². The van der Waals surface area contributed by atoms with E-state index in [1.807, 2.05) is 85.1 Å². The summed E-state index contributed by atoms with van der Waals surface area (Å²) in [6.07, 6.45) is 1.23. The van der Waals surface area contributed by atoms with Crippen LogP contribution in [0.5, 0.6) is 0 Å². The molecule has 2 atom stereocenters. The van der Waals surface area contributed by atoms with E-state index < -0.39 is 17.9 Å². The topological polar surface area (TPSA) is 65.6 Å². The number of nitrogens with one attached hydrogen (secondary N) is 1. The SMILES string of the molecule is O=C1OC(c2ccccc2)C(O)(c2ccccc2)N1CCc1c[nH]c2ccccc12. The number of cyclic esters (lactones) is 1. The molecule has 1 fully saturated rings. The summed E-state index contributed by atoms with van der Waals surface area (Å²) in [5, 5.41) is 13.0. The zero-order chi connectivity index (χ0) is 20.6. The molecule has 2 heterocycles. The number of H-pyrrole nitrogens is 1. The number of ether oxygens (including phenoxy) is 1. The minimum absolute atomic E-state index is 0.329. The lowest BCUT2D eigenvalue weighted by atomic mass is 9.91. The van der Waals surface area contributed by atoms with Gasteiger partial charge in [-0.05, 0) is 23.6 Å². The van der Waals surface area contributed by atoms with Gasteiger partial charge in [0.1, 0.15) is 0 Å². The summed E-state index contributed by atoms with van der Waals surface area (Å²) >= 11 is 0. The Balaban J connectivity index is 1.51. The van der Waals surface area contributed by atoms with Gasteiger partial charge in [-0.15, -0.1) is 0 Å². The standard InChI is InChI=1S/C25H22N2O3/c28-24-27(16-15-19-17-26-22-14-8-7-13-21(19)22)25(29,20-11-5-2-6-12-20)23(30-24)18-9-3-1-4-10-18/h1-14,17,23,26,29H,15-16H2. The van der Waals surface area contributed by atoms with Gasteiger partial charge in [0.05, 0.1) is 0 Å². The van der Waals surface area contributed by atoms with E-state index in [1.165, 1.54) is 4.90 Å². The third-order valence-corrected chi connectivity index (χ3v) is 5.80. The smallest absolute Gasteiger partial charge is 0.413 e. The Morgan fingerprint density at radius 2 is 1.60 bits per heavy atom. The molecule has 0 spiro atoms. The van der Waals surface area contributed by atoms with Gasteiger partial charge >= 0.3 is 6.09 Å². The first-order valence-corrected chi connectivity index (χ1v) is 10.0. The van der Waals surface area contributed by atoms with Crippen LogP contribution < -0.4 is 0 Å². The number of benzene rings is 3. The molecule has 150 valence electrons. The normalized spacial score (nSPS) is 21.2. The van der Waals surface area contributed by atoms with E-state index in [4.69, 9.17) is 4.74 Å². The molecule has 5 nitrogen and oxygen atoms in total. The first kappa shape index (κ1) is 18.5. The van der Waals surface area contributed by atoms with Gasteiger partial charge < -0.3 is 14.8 Å². The molecule has 1 aliphatic rings. The zero-order valence-electron chi connectivity index (χ0n) is 16.4. The lowest BCUT2D eigenvalue weighted by molar-refractivity contribution is -0.109. The second-order valence-corrected chi connectivity index (χ2v) is 7.53. The summed E-state index contributed by atoms with van der Waals surface area (Å²) in [7, 11) is 0. The molecule has 5 heteroatoms. The number of fused-ring (bicyclic) bond motifs is 1. The number of para-hydroxylation sites is 1. The maximum Gasteiger partial charge on any atom is 0.413 e. The molecule has 1 aromatic heterocycles. The maximum absolute atomic E-state index is 12.9.